The second-order valence-electron chi connectivity index (χ2n) is 9.23. The molecule has 9 nitrogen and oxygen atoms in total. The number of rotatable bonds is 8. The van der Waals surface area contributed by atoms with Gasteiger partial charge in [0.1, 0.15) is 18.2 Å². The van der Waals surface area contributed by atoms with Crippen LogP contribution in [0.4, 0.5) is 11.5 Å². The number of halogens is 1. The van der Waals surface area contributed by atoms with Crippen LogP contribution >= 0.6 is 11.6 Å². The molecule has 0 spiro atoms. The number of aromatic nitrogens is 4. The van der Waals surface area contributed by atoms with Gasteiger partial charge in [-0.3, -0.25) is 0 Å². The summed E-state index contributed by atoms with van der Waals surface area (Å²) < 4.78 is 8.12. The maximum atomic E-state index is 13.3. The summed E-state index contributed by atoms with van der Waals surface area (Å²) in [5, 5.41) is 15.9. The van der Waals surface area contributed by atoms with Crippen molar-refractivity contribution in [3.63, 3.8) is 0 Å². The van der Waals surface area contributed by atoms with Crippen LogP contribution in [-0.4, -0.2) is 57.7 Å². The molecular formula is C28H31ClN6O3. The number of nitrogens with zero attached hydrogens (tertiary/aromatic N) is 6. The number of aliphatic hydroxyl groups is 1. The number of hydrogen-bond donors (Lipinski definition) is 1. The van der Waals surface area contributed by atoms with Gasteiger partial charge in [-0.05, 0) is 54.4 Å². The van der Waals surface area contributed by atoms with Crippen molar-refractivity contribution < 1.29 is 9.84 Å². The average Bonchev–Trinajstić information content (AvgIpc) is 3.34. The van der Waals surface area contributed by atoms with E-state index in [0.717, 1.165) is 43.4 Å². The van der Waals surface area contributed by atoms with Gasteiger partial charge in [-0.15, -0.1) is 0 Å². The monoisotopic (exact) mass is 534 g/mol. The van der Waals surface area contributed by atoms with Gasteiger partial charge in [-0.1, -0.05) is 36.7 Å². The molecular weight excluding hydrogens is 504 g/mol. The van der Waals surface area contributed by atoms with Crippen molar-refractivity contribution in [3.8, 4) is 11.6 Å². The van der Waals surface area contributed by atoms with Gasteiger partial charge >= 0.3 is 5.69 Å². The number of ether oxygens (including phenoxy) is 1. The van der Waals surface area contributed by atoms with E-state index < -0.39 is 12.1 Å². The first-order valence-corrected chi connectivity index (χ1v) is 13.1. The van der Waals surface area contributed by atoms with Crippen LogP contribution < -0.4 is 20.2 Å². The lowest BCUT2D eigenvalue weighted by atomic mass is 10.0. The summed E-state index contributed by atoms with van der Waals surface area (Å²) in [5.74, 6) is 1.53. The van der Waals surface area contributed by atoms with Gasteiger partial charge in [0.2, 0.25) is 5.88 Å². The number of aliphatic hydroxyl groups excluding tert-OH is 1. The van der Waals surface area contributed by atoms with Crippen molar-refractivity contribution in [2.24, 2.45) is 0 Å². The Morgan fingerprint density at radius 1 is 0.947 bits per heavy atom. The van der Waals surface area contributed by atoms with Crippen LogP contribution in [0.1, 0.15) is 31.1 Å². The minimum atomic E-state index is -0.883. The van der Waals surface area contributed by atoms with Crippen molar-refractivity contribution in [1.29, 1.82) is 0 Å². The largest absolute Gasteiger partial charge is 0.481 e. The first-order valence-electron chi connectivity index (χ1n) is 12.7. The Morgan fingerprint density at radius 2 is 1.61 bits per heavy atom. The molecule has 3 heterocycles. The molecule has 0 aliphatic carbocycles. The quantitative estimate of drug-likeness (QED) is 0.364. The third-order valence-corrected chi connectivity index (χ3v) is 7.27. The van der Waals surface area contributed by atoms with Gasteiger partial charge in [-0.25, -0.2) is 14.0 Å². The summed E-state index contributed by atoms with van der Waals surface area (Å²) in [7, 11) is 1.62. The molecule has 2 aromatic carbocycles. The van der Waals surface area contributed by atoms with E-state index in [1.54, 1.807) is 31.4 Å². The smallest absolute Gasteiger partial charge is 0.350 e. The minimum absolute atomic E-state index is 0.294. The lowest BCUT2D eigenvalue weighted by Gasteiger charge is -2.36. The Kier molecular flexibility index (Phi) is 7.67. The molecule has 5 rings (SSSR count). The third-order valence-electron chi connectivity index (χ3n) is 7.02. The van der Waals surface area contributed by atoms with Crippen LogP contribution in [0.25, 0.3) is 5.69 Å². The summed E-state index contributed by atoms with van der Waals surface area (Å²) in [4.78, 5) is 22.4. The molecule has 4 aromatic rings. The zero-order valence-electron chi connectivity index (χ0n) is 21.4. The van der Waals surface area contributed by atoms with Gasteiger partial charge in [0.25, 0.3) is 0 Å². The lowest BCUT2D eigenvalue weighted by molar-refractivity contribution is 0.101. The number of hydrogen-bond acceptors (Lipinski definition) is 7. The molecule has 0 unspecified atom stereocenters. The molecule has 198 valence electrons. The Balaban J connectivity index is 1.27. The van der Waals surface area contributed by atoms with Crippen molar-refractivity contribution in [3.05, 3.63) is 94.1 Å². The molecule has 1 fully saturated rings. The summed E-state index contributed by atoms with van der Waals surface area (Å²) >= 11 is 5.98. The molecule has 2 aromatic heterocycles. The van der Waals surface area contributed by atoms with Gasteiger partial charge in [0.15, 0.2) is 0 Å². The van der Waals surface area contributed by atoms with Crippen LogP contribution in [0.2, 0.25) is 5.02 Å². The summed E-state index contributed by atoms with van der Waals surface area (Å²) in [6.45, 7) is 5.34. The second-order valence-corrected chi connectivity index (χ2v) is 9.67. The zero-order valence-corrected chi connectivity index (χ0v) is 22.2. The van der Waals surface area contributed by atoms with Gasteiger partial charge < -0.3 is 19.6 Å². The van der Waals surface area contributed by atoms with E-state index in [4.69, 9.17) is 16.3 Å². The highest BCUT2D eigenvalue weighted by molar-refractivity contribution is 6.30. The van der Waals surface area contributed by atoms with Crippen LogP contribution in [0.5, 0.6) is 5.88 Å². The Labute approximate surface area is 226 Å². The van der Waals surface area contributed by atoms with Crippen molar-refractivity contribution >= 4 is 23.1 Å². The van der Waals surface area contributed by atoms with Gasteiger partial charge in [0, 0.05) is 43.0 Å². The Hall–Kier alpha value is -3.82. The number of benzene rings is 2. The third kappa shape index (κ3) is 5.25. The molecule has 1 aliphatic heterocycles. The Morgan fingerprint density at radius 3 is 2.26 bits per heavy atom. The topological polar surface area (TPSA) is 88.7 Å². The molecule has 0 radical (unpaired) electrons. The molecule has 10 heteroatoms. The van der Waals surface area contributed by atoms with E-state index in [1.165, 1.54) is 15.6 Å². The van der Waals surface area contributed by atoms with Crippen LogP contribution in [0.15, 0.2) is 77.9 Å². The highest BCUT2D eigenvalue weighted by Crippen LogP contribution is 2.29. The Bertz CT molecular complexity index is 1410. The van der Waals surface area contributed by atoms with Crippen molar-refractivity contribution in [2.45, 2.75) is 25.5 Å². The fourth-order valence-electron chi connectivity index (χ4n) is 4.84. The van der Waals surface area contributed by atoms with E-state index in [1.807, 2.05) is 49.4 Å². The van der Waals surface area contributed by atoms with Crippen molar-refractivity contribution in [2.75, 3.05) is 43.1 Å². The number of methoxy groups -OCH3 is 1. The standard InChI is InChI=1S/C28H31ClN6O3/c1-3-24(27(36)20-7-9-21(29)10-8-20)35-28(37)34(19-30-35)23-13-11-22(12-14-23)32-15-17-33(18-16-32)25-5-4-6-26(31-25)38-2/h4-14,19,24,27,36H,3,15-18H2,1-2H3/t24-,27-/m1/s1. The lowest BCUT2D eigenvalue weighted by Crippen LogP contribution is -2.46. The highest BCUT2D eigenvalue weighted by Gasteiger charge is 2.25. The minimum Gasteiger partial charge on any atom is -0.481 e. The maximum Gasteiger partial charge on any atom is 0.350 e. The molecule has 38 heavy (non-hydrogen) atoms. The molecule has 1 aliphatic rings. The molecule has 0 amide bonds. The van der Waals surface area contributed by atoms with E-state index >= 15 is 0 Å². The van der Waals surface area contributed by atoms with E-state index in [2.05, 4.69) is 19.9 Å². The van der Waals surface area contributed by atoms with Gasteiger partial charge in [0.05, 0.1) is 18.8 Å². The molecule has 0 bridgehead atoms. The first-order chi connectivity index (χ1) is 18.5. The van der Waals surface area contributed by atoms with E-state index in [0.29, 0.717) is 22.9 Å². The normalized spacial score (nSPS) is 15.4. The molecule has 1 saturated heterocycles. The number of piperazine rings is 1. The maximum absolute atomic E-state index is 13.3. The van der Waals surface area contributed by atoms with Crippen LogP contribution in [0.3, 0.4) is 0 Å². The fourth-order valence-corrected chi connectivity index (χ4v) is 4.97. The fraction of sp³-hybridized carbons (Fsp3) is 0.321. The molecule has 1 N–H and O–H groups in total. The summed E-state index contributed by atoms with van der Waals surface area (Å²) in [5.41, 5.74) is 2.21. The molecule has 2 atom stereocenters. The average molecular weight is 535 g/mol. The van der Waals surface area contributed by atoms with Crippen LogP contribution in [0, 0.1) is 0 Å². The highest BCUT2D eigenvalue weighted by atomic mass is 35.5. The van der Waals surface area contributed by atoms with Gasteiger partial charge in [-0.2, -0.15) is 10.1 Å². The second kappa shape index (κ2) is 11.3. The predicted molar refractivity (Wildman–Crippen MR) is 149 cm³/mol. The van der Waals surface area contributed by atoms with Crippen molar-refractivity contribution in [1.82, 2.24) is 19.3 Å². The predicted octanol–water partition coefficient (Wildman–Crippen LogP) is 4.10. The molecule has 0 saturated carbocycles. The summed E-state index contributed by atoms with van der Waals surface area (Å²) in [6.07, 6.45) is 1.16. The zero-order chi connectivity index (χ0) is 26.6. The van der Waals surface area contributed by atoms with E-state index in [-0.39, 0.29) is 5.69 Å². The van der Waals surface area contributed by atoms with E-state index in [9.17, 15) is 9.90 Å². The summed E-state index contributed by atoms with van der Waals surface area (Å²) in [6, 6.07) is 20.2. The van der Waals surface area contributed by atoms with Crippen LogP contribution in [-0.2, 0) is 0 Å². The first kappa shape index (κ1) is 25.8. The number of anilines is 2. The SMILES string of the molecule is CC[C@H]([C@H](O)c1ccc(Cl)cc1)n1ncn(-c2ccc(N3CCN(c4cccc(OC)n4)CC3)cc2)c1=O. The number of pyridine rings is 1.